The van der Waals surface area contributed by atoms with Crippen molar-refractivity contribution in [3.8, 4) is 0 Å². The van der Waals surface area contributed by atoms with Crippen LogP contribution in [0.25, 0.3) is 0 Å². The maximum absolute atomic E-state index is 13.9. The van der Waals surface area contributed by atoms with E-state index in [2.05, 4.69) is 31.0 Å². The van der Waals surface area contributed by atoms with Crippen LogP contribution in [-0.4, -0.2) is 29.6 Å². The number of hydrogen-bond donors (Lipinski definition) is 1. The molecule has 2 rings (SSSR count). The highest BCUT2D eigenvalue weighted by atomic mass is 35.5. The van der Waals surface area contributed by atoms with Gasteiger partial charge in [0.25, 0.3) is 0 Å². The first-order valence-electron chi connectivity index (χ1n) is 6.85. The minimum Gasteiger partial charge on any atom is -0.309 e. The highest BCUT2D eigenvalue weighted by molar-refractivity contribution is 6.31. The Kier molecular flexibility index (Phi) is 4.49. The minimum atomic E-state index is -0.210. The first kappa shape index (κ1) is 14.8. The second kappa shape index (κ2) is 5.78. The second-order valence-corrected chi connectivity index (χ2v) is 6.34. The minimum absolute atomic E-state index is 0.0589. The quantitative estimate of drug-likeness (QED) is 0.915. The summed E-state index contributed by atoms with van der Waals surface area (Å²) in [5.74, 6) is -0.210. The summed E-state index contributed by atoms with van der Waals surface area (Å²) in [7, 11) is 0. The number of hydrogen-bond acceptors (Lipinski definition) is 2. The Bertz CT molecular complexity index is 428. The Labute approximate surface area is 119 Å². The summed E-state index contributed by atoms with van der Waals surface area (Å²) in [4.78, 5) is 2.33. The summed E-state index contributed by atoms with van der Waals surface area (Å²) >= 11 is 6.13. The molecule has 1 aliphatic rings. The number of nitrogens with zero attached hydrogens (tertiary/aromatic N) is 1. The Balaban J connectivity index is 2.19. The van der Waals surface area contributed by atoms with Gasteiger partial charge in [-0.1, -0.05) is 24.6 Å². The lowest BCUT2D eigenvalue weighted by atomic mass is 9.97. The van der Waals surface area contributed by atoms with Crippen molar-refractivity contribution in [3.05, 3.63) is 34.6 Å². The molecule has 0 amide bonds. The molecule has 2 nitrogen and oxygen atoms in total. The van der Waals surface area contributed by atoms with Gasteiger partial charge in [-0.2, -0.15) is 0 Å². The van der Waals surface area contributed by atoms with Gasteiger partial charge in [0.15, 0.2) is 0 Å². The van der Waals surface area contributed by atoms with Crippen LogP contribution in [0.15, 0.2) is 18.2 Å². The van der Waals surface area contributed by atoms with Gasteiger partial charge in [0.1, 0.15) is 5.82 Å². The van der Waals surface area contributed by atoms with Gasteiger partial charge in [0.05, 0.1) is 0 Å². The molecule has 1 heterocycles. The lowest BCUT2D eigenvalue weighted by Gasteiger charge is -2.44. The van der Waals surface area contributed by atoms with Crippen molar-refractivity contribution in [2.45, 2.75) is 45.3 Å². The van der Waals surface area contributed by atoms with Gasteiger partial charge in [-0.15, -0.1) is 0 Å². The molecule has 19 heavy (non-hydrogen) atoms. The third kappa shape index (κ3) is 3.47. The fraction of sp³-hybridized carbons (Fsp3) is 0.600. The molecule has 0 radical (unpaired) electrons. The standard InChI is InChI=1S/C15H22ClFN2/c1-4-11-8-18-15(2,3)10-19(11)9-12-13(16)6-5-7-14(12)17/h5-7,11,18H,4,8-10H2,1-3H3. The average molecular weight is 285 g/mol. The number of rotatable bonds is 3. The SMILES string of the molecule is CCC1CNC(C)(C)CN1Cc1c(F)cccc1Cl. The van der Waals surface area contributed by atoms with Crippen LogP contribution in [0, 0.1) is 5.82 Å². The fourth-order valence-corrected chi connectivity index (χ4v) is 2.91. The summed E-state index contributed by atoms with van der Waals surface area (Å²) < 4.78 is 13.9. The van der Waals surface area contributed by atoms with Crippen molar-refractivity contribution in [2.75, 3.05) is 13.1 Å². The van der Waals surface area contributed by atoms with E-state index in [1.165, 1.54) is 6.07 Å². The molecule has 106 valence electrons. The number of halogens is 2. The molecule has 4 heteroatoms. The van der Waals surface area contributed by atoms with E-state index in [4.69, 9.17) is 11.6 Å². The van der Waals surface area contributed by atoms with Crippen LogP contribution >= 0.6 is 11.6 Å². The van der Waals surface area contributed by atoms with E-state index in [-0.39, 0.29) is 11.4 Å². The number of piperazine rings is 1. The molecule has 0 aromatic heterocycles. The lowest BCUT2D eigenvalue weighted by Crippen LogP contribution is -2.61. The van der Waals surface area contributed by atoms with Crippen LogP contribution in [0.4, 0.5) is 4.39 Å². The number of benzene rings is 1. The van der Waals surface area contributed by atoms with Crippen LogP contribution in [0.5, 0.6) is 0 Å². The Morgan fingerprint density at radius 3 is 2.84 bits per heavy atom. The normalized spacial score (nSPS) is 23.5. The van der Waals surface area contributed by atoms with E-state index < -0.39 is 0 Å². The van der Waals surface area contributed by atoms with E-state index in [9.17, 15) is 4.39 Å². The zero-order chi connectivity index (χ0) is 14.0. The van der Waals surface area contributed by atoms with Crippen molar-refractivity contribution >= 4 is 11.6 Å². The molecule has 1 aromatic rings. The van der Waals surface area contributed by atoms with Crippen LogP contribution < -0.4 is 5.32 Å². The maximum atomic E-state index is 13.9. The van der Waals surface area contributed by atoms with Crippen molar-refractivity contribution in [3.63, 3.8) is 0 Å². The Morgan fingerprint density at radius 1 is 1.47 bits per heavy atom. The third-order valence-corrected chi connectivity index (χ3v) is 4.18. The molecule has 1 unspecified atom stereocenters. The van der Waals surface area contributed by atoms with Crippen LogP contribution in [0.3, 0.4) is 0 Å². The zero-order valence-electron chi connectivity index (χ0n) is 11.8. The summed E-state index contributed by atoms with van der Waals surface area (Å²) in [6, 6.07) is 5.33. The van der Waals surface area contributed by atoms with Crippen LogP contribution in [-0.2, 0) is 6.54 Å². The molecule has 1 N–H and O–H groups in total. The van der Waals surface area contributed by atoms with Crippen molar-refractivity contribution in [1.29, 1.82) is 0 Å². The molecule has 0 spiro atoms. The topological polar surface area (TPSA) is 15.3 Å². The highest BCUT2D eigenvalue weighted by Gasteiger charge is 2.32. The Morgan fingerprint density at radius 2 is 2.21 bits per heavy atom. The first-order valence-corrected chi connectivity index (χ1v) is 7.22. The maximum Gasteiger partial charge on any atom is 0.129 e. The van der Waals surface area contributed by atoms with Gasteiger partial charge in [-0.25, -0.2) is 4.39 Å². The third-order valence-electron chi connectivity index (χ3n) is 3.83. The predicted octanol–water partition coefficient (Wildman–Crippen LogP) is 3.44. The average Bonchev–Trinajstić information content (AvgIpc) is 2.33. The number of nitrogens with one attached hydrogen (secondary N) is 1. The summed E-state index contributed by atoms with van der Waals surface area (Å²) in [6.45, 7) is 8.94. The molecule has 1 aliphatic heterocycles. The molecular weight excluding hydrogens is 263 g/mol. The predicted molar refractivity (Wildman–Crippen MR) is 78.0 cm³/mol. The Hall–Kier alpha value is -0.640. The van der Waals surface area contributed by atoms with Gasteiger partial charge in [-0.05, 0) is 32.4 Å². The van der Waals surface area contributed by atoms with Gasteiger partial charge < -0.3 is 5.32 Å². The summed E-state index contributed by atoms with van der Waals surface area (Å²) in [6.07, 6.45) is 1.05. The van der Waals surface area contributed by atoms with Gasteiger partial charge >= 0.3 is 0 Å². The largest absolute Gasteiger partial charge is 0.309 e. The van der Waals surface area contributed by atoms with Gasteiger partial charge in [0, 0.05) is 41.8 Å². The van der Waals surface area contributed by atoms with E-state index >= 15 is 0 Å². The van der Waals surface area contributed by atoms with Crippen molar-refractivity contribution in [1.82, 2.24) is 10.2 Å². The zero-order valence-corrected chi connectivity index (χ0v) is 12.6. The van der Waals surface area contributed by atoms with Crippen molar-refractivity contribution in [2.24, 2.45) is 0 Å². The van der Waals surface area contributed by atoms with E-state index in [1.54, 1.807) is 12.1 Å². The van der Waals surface area contributed by atoms with Crippen molar-refractivity contribution < 1.29 is 4.39 Å². The van der Waals surface area contributed by atoms with Gasteiger partial charge in [-0.3, -0.25) is 4.90 Å². The van der Waals surface area contributed by atoms with Crippen LogP contribution in [0.2, 0.25) is 5.02 Å². The second-order valence-electron chi connectivity index (χ2n) is 5.93. The fourth-order valence-electron chi connectivity index (χ4n) is 2.69. The van der Waals surface area contributed by atoms with Crippen LogP contribution in [0.1, 0.15) is 32.8 Å². The van der Waals surface area contributed by atoms with E-state index in [0.717, 1.165) is 19.5 Å². The molecule has 1 aromatic carbocycles. The molecule has 0 bridgehead atoms. The van der Waals surface area contributed by atoms with E-state index in [0.29, 0.717) is 23.2 Å². The smallest absolute Gasteiger partial charge is 0.129 e. The molecule has 0 aliphatic carbocycles. The molecule has 1 saturated heterocycles. The summed E-state index contributed by atoms with van der Waals surface area (Å²) in [5.41, 5.74) is 0.670. The lowest BCUT2D eigenvalue weighted by molar-refractivity contribution is 0.0848. The molecular formula is C15H22ClFN2. The monoisotopic (exact) mass is 284 g/mol. The molecule has 0 saturated carbocycles. The molecule has 1 fully saturated rings. The van der Waals surface area contributed by atoms with Gasteiger partial charge in [0.2, 0.25) is 0 Å². The summed E-state index contributed by atoms with van der Waals surface area (Å²) in [5, 5.41) is 4.06. The van der Waals surface area contributed by atoms with E-state index in [1.807, 2.05) is 0 Å². The first-order chi connectivity index (χ1) is 8.93. The highest BCUT2D eigenvalue weighted by Crippen LogP contribution is 2.25. The molecule has 1 atom stereocenters.